The lowest BCUT2D eigenvalue weighted by molar-refractivity contribution is -0.137. The highest BCUT2D eigenvalue weighted by molar-refractivity contribution is 5.81. The molecule has 1 fully saturated rings. The van der Waals surface area contributed by atoms with E-state index in [1.54, 1.807) is 0 Å². The third-order valence-corrected chi connectivity index (χ3v) is 2.31. The maximum atomic E-state index is 11.5. The van der Waals surface area contributed by atoms with Crippen molar-refractivity contribution in [2.24, 2.45) is 0 Å². The van der Waals surface area contributed by atoms with Crippen LogP contribution in [0.1, 0.15) is 12.8 Å². The number of urea groups is 1. The summed E-state index contributed by atoms with van der Waals surface area (Å²) in [7, 11) is 1.52. The zero-order chi connectivity index (χ0) is 12.1. The van der Waals surface area contributed by atoms with E-state index in [9.17, 15) is 14.4 Å². The second-order valence-corrected chi connectivity index (χ2v) is 3.72. The van der Waals surface area contributed by atoms with Crippen molar-refractivity contribution in [1.82, 2.24) is 15.5 Å². The standard InChI is InChI=1S/C9H15N3O4/c1-12(3-2-8(14)15)9(16)11-6-4-7(13)10-5-6/h6H,2-5H2,1H3,(H,10,13)(H,11,16)(H,14,15). The average molecular weight is 229 g/mol. The number of rotatable bonds is 4. The lowest BCUT2D eigenvalue weighted by Gasteiger charge is -2.19. The fourth-order valence-corrected chi connectivity index (χ4v) is 1.36. The second kappa shape index (κ2) is 5.34. The molecule has 7 heteroatoms. The van der Waals surface area contributed by atoms with Gasteiger partial charge in [0.15, 0.2) is 0 Å². The number of carbonyl (C=O) groups excluding carboxylic acids is 2. The molecular formula is C9H15N3O4. The smallest absolute Gasteiger partial charge is 0.317 e. The average Bonchev–Trinajstić information content (AvgIpc) is 2.60. The maximum absolute atomic E-state index is 11.5. The molecule has 0 aromatic rings. The third kappa shape index (κ3) is 3.76. The fraction of sp³-hybridized carbons (Fsp3) is 0.667. The van der Waals surface area contributed by atoms with Crippen molar-refractivity contribution < 1.29 is 19.5 Å². The molecule has 0 spiro atoms. The van der Waals surface area contributed by atoms with E-state index in [4.69, 9.17) is 5.11 Å². The van der Waals surface area contributed by atoms with E-state index in [0.29, 0.717) is 6.54 Å². The van der Waals surface area contributed by atoms with Gasteiger partial charge in [-0.25, -0.2) is 4.79 Å². The zero-order valence-corrected chi connectivity index (χ0v) is 9.02. The minimum atomic E-state index is -0.947. The first-order valence-corrected chi connectivity index (χ1v) is 4.99. The quantitative estimate of drug-likeness (QED) is 0.575. The van der Waals surface area contributed by atoms with Crippen LogP contribution in [0.25, 0.3) is 0 Å². The van der Waals surface area contributed by atoms with Gasteiger partial charge in [0, 0.05) is 26.6 Å². The van der Waals surface area contributed by atoms with Gasteiger partial charge in [-0.3, -0.25) is 9.59 Å². The topological polar surface area (TPSA) is 98.7 Å². The molecule has 1 saturated heterocycles. The van der Waals surface area contributed by atoms with Gasteiger partial charge in [0.2, 0.25) is 5.91 Å². The first-order valence-electron chi connectivity index (χ1n) is 4.99. The van der Waals surface area contributed by atoms with E-state index in [-0.39, 0.29) is 37.4 Å². The number of aliphatic carboxylic acids is 1. The minimum Gasteiger partial charge on any atom is -0.481 e. The van der Waals surface area contributed by atoms with Gasteiger partial charge < -0.3 is 20.6 Å². The van der Waals surface area contributed by atoms with Crippen LogP contribution in [0.5, 0.6) is 0 Å². The molecule has 1 heterocycles. The first kappa shape index (κ1) is 12.3. The largest absolute Gasteiger partial charge is 0.481 e. The predicted molar refractivity (Wildman–Crippen MR) is 54.8 cm³/mol. The van der Waals surface area contributed by atoms with E-state index in [0.717, 1.165) is 0 Å². The Morgan fingerprint density at radius 1 is 1.62 bits per heavy atom. The Bertz CT molecular complexity index is 305. The Balaban J connectivity index is 2.28. The summed E-state index contributed by atoms with van der Waals surface area (Å²) in [6.07, 6.45) is 0.185. The predicted octanol–water partition coefficient (Wildman–Crippen LogP) is -1.01. The molecule has 0 saturated carbocycles. The van der Waals surface area contributed by atoms with Crippen molar-refractivity contribution in [1.29, 1.82) is 0 Å². The maximum Gasteiger partial charge on any atom is 0.317 e. The van der Waals surface area contributed by atoms with E-state index >= 15 is 0 Å². The van der Waals surface area contributed by atoms with Crippen LogP contribution >= 0.6 is 0 Å². The molecule has 1 unspecified atom stereocenters. The van der Waals surface area contributed by atoms with Gasteiger partial charge in [0.1, 0.15) is 0 Å². The van der Waals surface area contributed by atoms with Gasteiger partial charge in [-0.15, -0.1) is 0 Å². The first-order chi connectivity index (χ1) is 7.49. The van der Waals surface area contributed by atoms with Gasteiger partial charge in [-0.05, 0) is 0 Å². The summed E-state index contributed by atoms with van der Waals surface area (Å²) in [6.45, 7) is 0.576. The Morgan fingerprint density at radius 3 is 2.81 bits per heavy atom. The molecular weight excluding hydrogens is 214 g/mol. The fourth-order valence-electron chi connectivity index (χ4n) is 1.36. The molecule has 0 aromatic heterocycles. The third-order valence-electron chi connectivity index (χ3n) is 2.31. The Morgan fingerprint density at radius 2 is 2.31 bits per heavy atom. The van der Waals surface area contributed by atoms with Gasteiger partial charge in [-0.2, -0.15) is 0 Å². The summed E-state index contributed by atoms with van der Waals surface area (Å²) < 4.78 is 0. The van der Waals surface area contributed by atoms with Gasteiger partial charge >= 0.3 is 12.0 Å². The van der Waals surface area contributed by atoms with Gasteiger partial charge in [0.25, 0.3) is 0 Å². The van der Waals surface area contributed by atoms with E-state index in [1.165, 1.54) is 11.9 Å². The normalized spacial score (nSPS) is 19.1. The van der Waals surface area contributed by atoms with Crippen molar-refractivity contribution in [2.45, 2.75) is 18.9 Å². The second-order valence-electron chi connectivity index (χ2n) is 3.72. The van der Waals surface area contributed by atoms with Crippen LogP contribution in [0.15, 0.2) is 0 Å². The summed E-state index contributed by atoms with van der Waals surface area (Å²) in [6, 6.07) is -0.560. The number of hydrogen-bond acceptors (Lipinski definition) is 3. The number of carboxylic acids is 1. The van der Waals surface area contributed by atoms with Crippen LogP contribution in [0.4, 0.5) is 4.79 Å². The zero-order valence-electron chi connectivity index (χ0n) is 9.02. The minimum absolute atomic E-state index is 0.0847. The number of hydrogen-bond donors (Lipinski definition) is 3. The van der Waals surface area contributed by atoms with Crippen molar-refractivity contribution >= 4 is 17.9 Å². The van der Waals surface area contributed by atoms with Crippen molar-refractivity contribution in [3.05, 3.63) is 0 Å². The van der Waals surface area contributed by atoms with Crippen molar-refractivity contribution in [3.8, 4) is 0 Å². The lowest BCUT2D eigenvalue weighted by Crippen LogP contribution is -2.44. The molecule has 1 aliphatic heterocycles. The van der Waals surface area contributed by atoms with Crippen LogP contribution in [0.3, 0.4) is 0 Å². The molecule has 3 N–H and O–H groups in total. The molecule has 7 nitrogen and oxygen atoms in total. The molecule has 1 rings (SSSR count). The summed E-state index contributed by atoms with van der Waals surface area (Å²) >= 11 is 0. The van der Waals surface area contributed by atoms with Crippen LogP contribution in [-0.2, 0) is 9.59 Å². The number of carbonyl (C=O) groups is 3. The van der Waals surface area contributed by atoms with Crippen molar-refractivity contribution in [2.75, 3.05) is 20.1 Å². The number of nitrogens with zero attached hydrogens (tertiary/aromatic N) is 1. The van der Waals surface area contributed by atoms with Crippen LogP contribution in [0, 0.1) is 0 Å². The summed E-state index contributed by atoms with van der Waals surface area (Å²) in [5.41, 5.74) is 0. The van der Waals surface area contributed by atoms with E-state index in [2.05, 4.69) is 10.6 Å². The molecule has 3 amide bonds. The highest BCUT2D eigenvalue weighted by Gasteiger charge is 2.23. The summed E-state index contributed by atoms with van der Waals surface area (Å²) in [5.74, 6) is -1.03. The molecule has 0 aliphatic carbocycles. The Kier molecular flexibility index (Phi) is 4.10. The molecule has 90 valence electrons. The molecule has 0 radical (unpaired) electrons. The number of amides is 3. The Labute approximate surface area is 92.8 Å². The van der Waals surface area contributed by atoms with Gasteiger partial charge in [-0.1, -0.05) is 0 Å². The number of nitrogens with one attached hydrogen (secondary N) is 2. The molecule has 0 aromatic carbocycles. The molecule has 16 heavy (non-hydrogen) atoms. The van der Waals surface area contributed by atoms with E-state index < -0.39 is 5.97 Å². The van der Waals surface area contributed by atoms with Crippen LogP contribution in [0.2, 0.25) is 0 Å². The Hall–Kier alpha value is -1.79. The highest BCUT2D eigenvalue weighted by Crippen LogP contribution is 2.00. The highest BCUT2D eigenvalue weighted by atomic mass is 16.4. The molecule has 0 bridgehead atoms. The van der Waals surface area contributed by atoms with Gasteiger partial charge in [0.05, 0.1) is 12.5 Å². The monoisotopic (exact) mass is 229 g/mol. The number of carboxylic acid groups (broad SMARTS) is 1. The SMILES string of the molecule is CN(CCC(=O)O)C(=O)NC1CNC(=O)C1. The molecule has 1 aliphatic rings. The molecule has 1 atom stereocenters. The van der Waals surface area contributed by atoms with Crippen LogP contribution < -0.4 is 10.6 Å². The summed E-state index contributed by atoms with van der Waals surface area (Å²) in [4.78, 5) is 34.0. The van der Waals surface area contributed by atoms with Crippen molar-refractivity contribution in [3.63, 3.8) is 0 Å². The lowest BCUT2D eigenvalue weighted by atomic mass is 10.2. The summed E-state index contributed by atoms with van der Waals surface area (Å²) in [5, 5.41) is 13.7. The van der Waals surface area contributed by atoms with E-state index in [1.807, 2.05) is 0 Å². The van der Waals surface area contributed by atoms with Crippen LogP contribution in [-0.4, -0.2) is 54.1 Å².